The molecular weight excluding hydrogens is 222 g/mol. The number of carbonyl (C=O) groups excluding carboxylic acids is 3. The van der Waals surface area contributed by atoms with Crippen molar-refractivity contribution in [2.24, 2.45) is 5.41 Å². The van der Waals surface area contributed by atoms with Crippen molar-refractivity contribution in [3.8, 4) is 0 Å². The summed E-state index contributed by atoms with van der Waals surface area (Å²) < 4.78 is 0. The first-order valence-electron chi connectivity index (χ1n) is 5.68. The Labute approximate surface area is 99.9 Å². The molecule has 1 N–H and O–H groups in total. The quantitative estimate of drug-likeness (QED) is 0.646. The van der Waals surface area contributed by atoms with Gasteiger partial charge in [-0.2, -0.15) is 0 Å². The Kier molecular flexibility index (Phi) is 4.43. The van der Waals surface area contributed by atoms with E-state index >= 15 is 0 Å². The number of aliphatic carboxylic acids is 1. The lowest BCUT2D eigenvalue weighted by molar-refractivity contribution is -0.319. The molecule has 0 unspecified atom stereocenters. The van der Waals surface area contributed by atoms with Crippen LogP contribution in [0.2, 0.25) is 0 Å². The van der Waals surface area contributed by atoms with Crippen molar-refractivity contribution >= 4 is 17.8 Å². The summed E-state index contributed by atoms with van der Waals surface area (Å²) in [5, 5.41) is 12.6. The number of hydrogen-bond donors (Lipinski definition) is 1. The van der Waals surface area contributed by atoms with Crippen molar-refractivity contribution in [1.82, 2.24) is 5.32 Å². The Balaban J connectivity index is 0.000000181. The summed E-state index contributed by atoms with van der Waals surface area (Å²) >= 11 is 0. The lowest BCUT2D eigenvalue weighted by Gasteiger charge is -2.34. The van der Waals surface area contributed by atoms with Crippen LogP contribution in [0.3, 0.4) is 0 Å². The van der Waals surface area contributed by atoms with Gasteiger partial charge in [0.25, 0.3) is 11.8 Å². The molecule has 2 rings (SSSR count). The number of carboxylic acid groups (broad SMARTS) is 1. The van der Waals surface area contributed by atoms with Gasteiger partial charge >= 0.3 is 0 Å². The number of amides is 2. The average Bonchev–Trinajstić information content (AvgIpc) is 2.64. The van der Waals surface area contributed by atoms with Gasteiger partial charge in [-0.05, 0) is 12.8 Å². The van der Waals surface area contributed by atoms with Crippen LogP contribution in [0.25, 0.3) is 0 Å². The minimum absolute atomic E-state index is 0.329. The second kappa shape index (κ2) is 5.61. The predicted molar refractivity (Wildman–Crippen MR) is 58.5 cm³/mol. The second-order valence-corrected chi connectivity index (χ2v) is 4.60. The predicted octanol–water partition coefficient (Wildman–Crippen LogP) is -0.0943. The molecule has 5 heteroatoms. The molecule has 1 saturated carbocycles. The number of imide groups is 1. The standard InChI is InChI=1S/C8H14O2.C4H3NO2/c1-8(7(9)10)5-3-2-4-6-8;6-3-1-2-4(7)5-3/h2-6H2,1H3,(H,9,10);1-2H,(H,5,6,7)/p-1. The van der Waals surface area contributed by atoms with E-state index in [1.807, 2.05) is 5.32 Å². The molecule has 0 bridgehead atoms. The van der Waals surface area contributed by atoms with E-state index in [0.29, 0.717) is 0 Å². The average molecular weight is 238 g/mol. The number of nitrogens with one attached hydrogen (secondary N) is 1. The molecule has 2 aliphatic rings. The Morgan fingerprint density at radius 3 is 1.88 bits per heavy atom. The largest absolute Gasteiger partial charge is 0.550 e. The summed E-state index contributed by atoms with van der Waals surface area (Å²) in [4.78, 5) is 30.6. The lowest BCUT2D eigenvalue weighted by Crippen LogP contribution is -2.41. The van der Waals surface area contributed by atoms with Crippen LogP contribution < -0.4 is 10.4 Å². The molecular formula is C12H16NO4-. The van der Waals surface area contributed by atoms with Crippen molar-refractivity contribution in [3.05, 3.63) is 12.2 Å². The molecule has 1 aliphatic carbocycles. The smallest absolute Gasteiger partial charge is 0.250 e. The van der Waals surface area contributed by atoms with E-state index < -0.39 is 11.4 Å². The van der Waals surface area contributed by atoms with Crippen LogP contribution in [0.4, 0.5) is 0 Å². The van der Waals surface area contributed by atoms with E-state index in [9.17, 15) is 19.5 Å². The third-order valence-electron chi connectivity index (χ3n) is 3.08. The van der Waals surface area contributed by atoms with Crippen molar-refractivity contribution in [3.63, 3.8) is 0 Å². The zero-order valence-electron chi connectivity index (χ0n) is 9.82. The van der Waals surface area contributed by atoms with E-state index in [1.165, 1.54) is 18.6 Å². The highest BCUT2D eigenvalue weighted by molar-refractivity contribution is 6.12. The normalized spacial score (nSPS) is 21.5. The Bertz CT molecular complexity index is 338. The van der Waals surface area contributed by atoms with Gasteiger partial charge in [0.05, 0.1) is 0 Å². The fraction of sp³-hybridized carbons (Fsp3) is 0.583. The van der Waals surface area contributed by atoms with Crippen molar-refractivity contribution in [2.45, 2.75) is 39.0 Å². The van der Waals surface area contributed by atoms with Gasteiger partial charge in [-0.3, -0.25) is 14.9 Å². The molecule has 1 heterocycles. The highest BCUT2D eigenvalue weighted by Crippen LogP contribution is 2.34. The molecule has 0 aromatic carbocycles. The van der Waals surface area contributed by atoms with Crippen LogP contribution in [-0.4, -0.2) is 17.8 Å². The maximum Gasteiger partial charge on any atom is 0.250 e. The molecule has 0 spiro atoms. The summed E-state index contributed by atoms with van der Waals surface area (Å²) in [6.07, 6.45) is 7.27. The molecule has 5 nitrogen and oxygen atoms in total. The van der Waals surface area contributed by atoms with Crippen LogP contribution in [-0.2, 0) is 14.4 Å². The zero-order chi connectivity index (χ0) is 12.9. The van der Waals surface area contributed by atoms with E-state index in [0.717, 1.165) is 25.7 Å². The van der Waals surface area contributed by atoms with Crippen LogP contribution in [0.15, 0.2) is 12.2 Å². The Hall–Kier alpha value is -1.65. The molecule has 17 heavy (non-hydrogen) atoms. The van der Waals surface area contributed by atoms with Crippen LogP contribution in [0, 0.1) is 5.41 Å². The van der Waals surface area contributed by atoms with E-state index in [-0.39, 0.29) is 11.8 Å². The first-order chi connectivity index (χ1) is 7.94. The van der Waals surface area contributed by atoms with Gasteiger partial charge in [0.2, 0.25) is 0 Å². The van der Waals surface area contributed by atoms with Gasteiger partial charge in [0.1, 0.15) is 0 Å². The van der Waals surface area contributed by atoms with Crippen molar-refractivity contribution in [2.75, 3.05) is 0 Å². The van der Waals surface area contributed by atoms with Crippen LogP contribution in [0.1, 0.15) is 39.0 Å². The van der Waals surface area contributed by atoms with Gasteiger partial charge in [-0.1, -0.05) is 26.2 Å². The van der Waals surface area contributed by atoms with Gasteiger partial charge in [-0.15, -0.1) is 0 Å². The van der Waals surface area contributed by atoms with E-state index in [2.05, 4.69) is 0 Å². The maximum absolute atomic E-state index is 10.6. The summed E-state index contributed by atoms with van der Waals surface area (Å²) in [6, 6.07) is 0. The molecule has 0 aromatic rings. The first-order valence-corrected chi connectivity index (χ1v) is 5.68. The number of rotatable bonds is 1. The summed E-state index contributed by atoms with van der Waals surface area (Å²) in [5.74, 6) is -1.53. The van der Waals surface area contributed by atoms with Crippen LogP contribution >= 0.6 is 0 Å². The minimum Gasteiger partial charge on any atom is -0.550 e. The SMILES string of the molecule is CC1(C(=O)[O-])CCCCC1.O=C1C=CC(=O)N1. The molecule has 0 radical (unpaired) electrons. The first kappa shape index (κ1) is 13.4. The molecule has 2 amide bonds. The Morgan fingerprint density at radius 2 is 1.65 bits per heavy atom. The fourth-order valence-electron chi connectivity index (χ4n) is 1.89. The minimum atomic E-state index is -0.868. The van der Waals surface area contributed by atoms with Crippen molar-refractivity contribution < 1.29 is 19.5 Å². The maximum atomic E-state index is 10.6. The molecule has 1 aliphatic heterocycles. The zero-order valence-corrected chi connectivity index (χ0v) is 9.82. The summed E-state index contributed by atoms with van der Waals surface area (Å²) in [6.45, 7) is 1.79. The van der Waals surface area contributed by atoms with Gasteiger partial charge in [0.15, 0.2) is 0 Å². The van der Waals surface area contributed by atoms with Gasteiger partial charge in [-0.25, -0.2) is 0 Å². The topological polar surface area (TPSA) is 86.3 Å². The summed E-state index contributed by atoms with van der Waals surface area (Å²) in [7, 11) is 0. The molecule has 1 fully saturated rings. The van der Waals surface area contributed by atoms with E-state index in [4.69, 9.17) is 0 Å². The lowest BCUT2D eigenvalue weighted by atomic mass is 9.76. The van der Waals surface area contributed by atoms with Crippen LogP contribution in [0.5, 0.6) is 0 Å². The number of hydrogen-bond acceptors (Lipinski definition) is 4. The highest BCUT2D eigenvalue weighted by atomic mass is 16.4. The van der Waals surface area contributed by atoms with E-state index in [1.54, 1.807) is 6.92 Å². The molecule has 0 aromatic heterocycles. The molecule has 0 saturated heterocycles. The third kappa shape index (κ3) is 4.01. The second-order valence-electron chi connectivity index (χ2n) is 4.60. The third-order valence-corrected chi connectivity index (χ3v) is 3.08. The monoisotopic (exact) mass is 238 g/mol. The summed E-state index contributed by atoms with van der Waals surface area (Å²) in [5.41, 5.74) is -0.516. The number of carbonyl (C=O) groups is 3. The van der Waals surface area contributed by atoms with Crippen molar-refractivity contribution in [1.29, 1.82) is 0 Å². The molecule has 0 atom stereocenters. The van der Waals surface area contributed by atoms with Gasteiger partial charge in [0, 0.05) is 23.5 Å². The molecule has 94 valence electrons. The fourth-order valence-corrected chi connectivity index (χ4v) is 1.89. The Morgan fingerprint density at radius 1 is 1.18 bits per heavy atom. The van der Waals surface area contributed by atoms with Gasteiger partial charge < -0.3 is 9.90 Å². The highest BCUT2D eigenvalue weighted by Gasteiger charge is 2.27. The number of carboxylic acids is 1.